The van der Waals surface area contributed by atoms with Crippen LogP contribution in [0.2, 0.25) is 0 Å². The monoisotopic (exact) mass is 148 g/mol. The van der Waals surface area contributed by atoms with E-state index in [1.807, 2.05) is 0 Å². The minimum absolute atomic E-state index is 0. The largest absolute Gasteiger partial charge is 2.00 e. The molecule has 0 rings (SSSR count). The molecule has 0 nitrogen and oxygen atoms in total. The van der Waals surface area contributed by atoms with Gasteiger partial charge in [-0.2, -0.15) is 0 Å². The Hall–Kier alpha value is 1.63. The third-order valence-electron chi connectivity index (χ3n) is 0. The summed E-state index contributed by atoms with van der Waals surface area (Å²) >= 11 is 0. The molecule has 0 aliphatic rings. The smallest absolute Gasteiger partial charge is 0 e. The maximum Gasteiger partial charge on any atom is 0 e. The van der Waals surface area contributed by atoms with E-state index in [-0.39, 0.29) is 59.0 Å². The third kappa shape index (κ3) is 9.44. The predicted octanol–water partition coefficient (Wildman–Crippen LogP) is -0.277. The average molecular weight is 148 g/mol. The molecular formula is HS3V-5. The molecule has 0 heterocycles. The summed E-state index contributed by atoms with van der Waals surface area (Å²) in [6, 6.07) is 0. The molecule has 0 aromatic carbocycles. The fraction of sp³-hybridized carbons (Fsp3) is 0. The molecule has 1 radical (unpaired) electrons. The van der Waals surface area contributed by atoms with Gasteiger partial charge in [0, 0.05) is 18.6 Å². The Kier molecular flexibility index (Phi) is 260. The van der Waals surface area contributed by atoms with Crippen LogP contribution >= 0.6 is 0 Å². The van der Waals surface area contributed by atoms with Crippen LogP contribution in [0.1, 0.15) is 0 Å². The Balaban J connectivity index is 0. The van der Waals surface area contributed by atoms with Crippen molar-refractivity contribution in [2.24, 2.45) is 0 Å². The Labute approximate surface area is 59.0 Å². The normalized spacial score (nSPS) is 0. The van der Waals surface area contributed by atoms with Crippen molar-refractivity contribution in [3.63, 3.8) is 0 Å². The molecule has 4 heavy (non-hydrogen) atoms. The van der Waals surface area contributed by atoms with Gasteiger partial charge >= 0.3 is 0 Å². The summed E-state index contributed by atoms with van der Waals surface area (Å²) in [6.07, 6.45) is 0. The van der Waals surface area contributed by atoms with Crippen molar-refractivity contribution in [2.45, 2.75) is 0 Å². The van der Waals surface area contributed by atoms with Crippen molar-refractivity contribution >= 4 is 40.5 Å². The first kappa shape index (κ1) is 45.3. The molecule has 0 aromatic heterocycles. The fourth-order valence-corrected chi connectivity index (χ4v) is 0. The first-order valence-electron chi connectivity index (χ1n) is 0. The van der Waals surface area contributed by atoms with E-state index in [2.05, 4.69) is 0 Å². The van der Waals surface area contributed by atoms with Crippen molar-refractivity contribution in [2.75, 3.05) is 0 Å². The maximum absolute atomic E-state index is 0. The molecule has 0 atom stereocenters. The van der Waals surface area contributed by atoms with Gasteiger partial charge in [-0.1, -0.05) is 0 Å². The zero-order valence-electron chi connectivity index (χ0n) is 1.71. The van der Waals surface area contributed by atoms with Crippen LogP contribution < -0.4 is 0 Å². The second-order valence-electron chi connectivity index (χ2n) is 0. The second kappa shape index (κ2) is 22.9. The molecular weight excluding hydrogens is 147 g/mol. The number of rotatable bonds is 0. The molecule has 0 amide bonds. The Morgan fingerprint density at radius 3 is 0.750 bits per heavy atom. The Morgan fingerprint density at radius 2 is 0.750 bits per heavy atom. The van der Waals surface area contributed by atoms with E-state index in [1.165, 1.54) is 0 Å². The van der Waals surface area contributed by atoms with Crippen molar-refractivity contribution in [1.82, 2.24) is 0 Å². The molecule has 29 valence electrons. The summed E-state index contributed by atoms with van der Waals surface area (Å²) in [4.78, 5) is 0. The van der Waals surface area contributed by atoms with Gasteiger partial charge in [-0.05, 0) is 0 Å². The van der Waals surface area contributed by atoms with E-state index in [0.717, 1.165) is 0 Å². The maximum atomic E-state index is 0. The molecule has 0 aliphatic heterocycles. The van der Waals surface area contributed by atoms with Gasteiger partial charge < -0.3 is 40.5 Å². The molecule has 0 saturated carbocycles. The summed E-state index contributed by atoms with van der Waals surface area (Å²) < 4.78 is 0. The molecule has 0 fully saturated rings. The SMILES string of the molecule is [S-2].[S-2].[SH-].[V]. The molecule has 0 saturated heterocycles. The summed E-state index contributed by atoms with van der Waals surface area (Å²) in [5.74, 6) is 0. The minimum atomic E-state index is 0. The molecule has 4 heteroatoms. The number of hydrogen-bond donors (Lipinski definition) is 0. The predicted molar refractivity (Wildman–Crippen MR) is 23.5 cm³/mol. The van der Waals surface area contributed by atoms with Gasteiger partial charge in [0.25, 0.3) is 0 Å². The topological polar surface area (TPSA) is 0 Å². The summed E-state index contributed by atoms with van der Waals surface area (Å²) in [5, 5.41) is 0. The molecule has 0 aliphatic carbocycles. The summed E-state index contributed by atoms with van der Waals surface area (Å²) in [6.45, 7) is 0. The van der Waals surface area contributed by atoms with E-state index < -0.39 is 0 Å². The van der Waals surface area contributed by atoms with Gasteiger partial charge in [0.1, 0.15) is 0 Å². The van der Waals surface area contributed by atoms with E-state index in [4.69, 9.17) is 0 Å². The fourth-order valence-electron chi connectivity index (χ4n) is 0. The Bertz CT molecular complexity index is 3.25. The van der Waals surface area contributed by atoms with Crippen LogP contribution in [0.15, 0.2) is 0 Å². The van der Waals surface area contributed by atoms with Crippen LogP contribution in [-0.4, -0.2) is 0 Å². The number of thiol groups is 1. The second-order valence-corrected chi connectivity index (χ2v) is 0. The zero-order chi connectivity index (χ0) is 0. The van der Waals surface area contributed by atoms with Crippen molar-refractivity contribution in [3.8, 4) is 0 Å². The summed E-state index contributed by atoms with van der Waals surface area (Å²) in [7, 11) is 0. The van der Waals surface area contributed by atoms with Gasteiger partial charge in [0.15, 0.2) is 0 Å². The number of hydrogen-bond acceptors (Lipinski definition) is 1. The van der Waals surface area contributed by atoms with Gasteiger partial charge in [-0.3, -0.25) is 0 Å². The van der Waals surface area contributed by atoms with Crippen LogP contribution in [0.4, 0.5) is 0 Å². The molecule has 0 spiro atoms. The van der Waals surface area contributed by atoms with Crippen molar-refractivity contribution in [3.05, 3.63) is 0 Å². The van der Waals surface area contributed by atoms with Crippen LogP contribution in [0.5, 0.6) is 0 Å². The van der Waals surface area contributed by atoms with Crippen LogP contribution in [-0.2, 0) is 59.0 Å². The van der Waals surface area contributed by atoms with Crippen molar-refractivity contribution in [1.29, 1.82) is 0 Å². The molecule has 0 unspecified atom stereocenters. The average Bonchev–Trinajstić information content (AvgIpc) is 0. The van der Waals surface area contributed by atoms with Crippen molar-refractivity contribution < 1.29 is 18.6 Å². The van der Waals surface area contributed by atoms with Crippen LogP contribution in [0.25, 0.3) is 0 Å². The summed E-state index contributed by atoms with van der Waals surface area (Å²) in [5.41, 5.74) is 0. The van der Waals surface area contributed by atoms with E-state index in [1.54, 1.807) is 0 Å². The van der Waals surface area contributed by atoms with Crippen LogP contribution in [0, 0.1) is 0 Å². The van der Waals surface area contributed by atoms with Crippen LogP contribution in [0.3, 0.4) is 0 Å². The molecule has 0 N–H and O–H groups in total. The molecule has 0 aromatic rings. The zero-order valence-corrected chi connectivity index (χ0v) is 5.64. The van der Waals surface area contributed by atoms with E-state index in [0.29, 0.717) is 0 Å². The Morgan fingerprint density at radius 1 is 0.750 bits per heavy atom. The van der Waals surface area contributed by atoms with Gasteiger partial charge in [-0.25, -0.2) is 0 Å². The third-order valence-corrected chi connectivity index (χ3v) is 0. The van der Waals surface area contributed by atoms with Gasteiger partial charge in [0.2, 0.25) is 0 Å². The minimum Gasteiger partial charge on any atom is -2.00 e. The van der Waals surface area contributed by atoms with Gasteiger partial charge in [0.05, 0.1) is 0 Å². The first-order valence-corrected chi connectivity index (χ1v) is 0. The van der Waals surface area contributed by atoms with E-state index >= 15 is 0 Å². The standard InChI is InChI=1S/H2S.2S.V/h1H2;;;/q;2*-2;/p-1. The first-order chi connectivity index (χ1) is 0. The molecule has 0 bridgehead atoms. The van der Waals surface area contributed by atoms with E-state index in [9.17, 15) is 0 Å². The van der Waals surface area contributed by atoms with Gasteiger partial charge in [-0.15, -0.1) is 0 Å². The quantitative estimate of drug-likeness (QED) is 0.336.